The van der Waals surface area contributed by atoms with Gasteiger partial charge < -0.3 is 5.32 Å². The molecule has 182 valence electrons. The first-order chi connectivity index (χ1) is 16.2. The summed E-state index contributed by atoms with van der Waals surface area (Å²) in [6.07, 6.45) is 1.69. The van der Waals surface area contributed by atoms with Gasteiger partial charge in [-0.15, -0.1) is 0 Å². The highest BCUT2D eigenvalue weighted by atomic mass is 32.2. The molecule has 34 heavy (non-hydrogen) atoms. The van der Waals surface area contributed by atoms with E-state index in [9.17, 15) is 18.0 Å². The summed E-state index contributed by atoms with van der Waals surface area (Å²) in [5.74, 6) is -0.170. The second-order valence-corrected chi connectivity index (χ2v) is 11.1. The molecule has 0 aliphatic carbocycles. The van der Waals surface area contributed by atoms with E-state index in [4.69, 9.17) is 0 Å². The molecule has 4 rings (SSSR count). The topological polar surface area (TPSA) is 93.4 Å². The van der Waals surface area contributed by atoms with E-state index in [1.54, 1.807) is 16.7 Å². The van der Waals surface area contributed by atoms with Crippen LogP contribution >= 0.6 is 0 Å². The molecule has 0 bridgehead atoms. The van der Waals surface area contributed by atoms with Crippen LogP contribution in [0.1, 0.15) is 51.1 Å². The predicted molar refractivity (Wildman–Crippen MR) is 132 cm³/mol. The molecule has 1 aromatic heterocycles. The number of imidazole rings is 1. The number of nitrogens with one attached hydrogen (secondary N) is 1. The zero-order valence-corrected chi connectivity index (χ0v) is 20.7. The average molecular weight is 485 g/mol. The Balaban J connectivity index is 1.63. The molecular formula is C25H32N4O4S. The van der Waals surface area contributed by atoms with Gasteiger partial charge in [0.1, 0.15) is 6.54 Å². The molecule has 1 saturated heterocycles. The monoisotopic (exact) mass is 484 g/mol. The van der Waals surface area contributed by atoms with E-state index < -0.39 is 10.0 Å². The summed E-state index contributed by atoms with van der Waals surface area (Å²) in [5.41, 5.74) is 1.86. The highest BCUT2D eigenvalue weighted by molar-refractivity contribution is 7.89. The lowest BCUT2D eigenvalue weighted by atomic mass is 10.0. The molecule has 2 aromatic carbocycles. The van der Waals surface area contributed by atoms with E-state index in [1.807, 2.05) is 51.1 Å². The number of hydrogen-bond donors (Lipinski definition) is 1. The molecule has 0 unspecified atom stereocenters. The van der Waals surface area contributed by atoms with Crippen molar-refractivity contribution < 1.29 is 13.2 Å². The number of amides is 1. The quantitative estimate of drug-likeness (QED) is 0.532. The molecule has 1 atom stereocenters. The van der Waals surface area contributed by atoms with Crippen molar-refractivity contribution in [2.75, 3.05) is 19.6 Å². The lowest BCUT2D eigenvalue weighted by molar-refractivity contribution is -0.121. The molecule has 0 spiro atoms. The number of carbonyl (C=O) groups excluding carboxylic acids is 1. The van der Waals surface area contributed by atoms with Gasteiger partial charge in [0.2, 0.25) is 15.9 Å². The first kappa shape index (κ1) is 24.2. The summed E-state index contributed by atoms with van der Waals surface area (Å²) in [4.78, 5) is 26.2. The van der Waals surface area contributed by atoms with Crippen LogP contribution < -0.4 is 11.0 Å². The van der Waals surface area contributed by atoms with Gasteiger partial charge in [-0.05, 0) is 56.4 Å². The number of nitrogens with zero attached hydrogens (tertiary/aromatic N) is 3. The van der Waals surface area contributed by atoms with Crippen LogP contribution in [0.2, 0.25) is 0 Å². The molecule has 1 aliphatic rings. The maximum atomic E-state index is 13.2. The fourth-order valence-electron chi connectivity index (χ4n) is 4.51. The van der Waals surface area contributed by atoms with Gasteiger partial charge in [-0.3, -0.25) is 13.9 Å². The molecule has 1 N–H and O–H groups in total. The number of aromatic nitrogens is 2. The Morgan fingerprint density at radius 1 is 1.00 bits per heavy atom. The van der Waals surface area contributed by atoms with Crippen LogP contribution in [0.3, 0.4) is 0 Å². The number of benzene rings is 2. The normalized spacial score (nSPS) is 15.8. The predicted octanol–water partition coefficient (Wildman–Crippen LogP) is 3.09. The zero-order chi connectivity index (χ0) is 24.5. The number of hydrogen-bond acceptors (Lipinski definition) is 4. The third kappa shape index (κ3) is 4.67. The van der Waals surface area contributed by atoms with Crippen molar-refractivity contribution in [3.63, 3.8) is 0 Å². The minimum Gasteiger partial charge on any atom is -0.354 e. The van der Waals surface area contributed by atoms with Crippen molar-refractivity contribution in [1.29, 1.82) is 0 Å². The maximum absolute atomic E-state index is 13.2. The Morgan fingerprint density at radius 3 is 2.32 bits per heavy atom. The standard InChI is InChI=1S/C25H32N4O4S/c1-18(2)29-22-12-11-21(34(32,33)27-13-7-8-14-27)15-23(22)28(25(29)31)17-24(30)26-16-19(3)20-9-5-4-6-10-20/h4-6,9-12,15,18-19H,7-8,13-14,16-17H2,1-3H3,(H,26,30)/t19-/m0/s1. The van der Waals surface area contributed by atoms with Gasteiger partial charge in [0.05, 0.1) is 15.9 Å². The summed E-state index contributed by atoms with van der Waals surface area (Å²) < 4.78 is 30.7. The summed E-state index contributed by atoms with van der Waals surface area (Å²) in [6, 6.07) is 14.5. The molecule has 8 nitrogen and oxygen atoms in total. The van der Waals surface area contributed by atoms with Crippen LogP contribution in [-0.2, 0) is 21.4 Å². The Hall–Kier alpha value is -2.91. The van der Waals surface area contributed by atoms with Crippen LogP contribution in [0.25, 0.3) is 11.0 Å². The highest BCUT2D eigenvalue weighted by Crippen LogP contribution is 2.25. The Morgan fingerprint density at radius 2 is 1.68 bits per heavy atom. The van der Waals surface area contributed by atoms with Gasteiger partial charge in [-0.1, -0.05) is 37.3 Å². The molecule has 2 heterocycles. The molecule has 1 aliphatic heterocycles. The van der Waals surface area contributed by atoms with Gasteiger partial charge in [-0.25, -0.2) is 13.2 Å². The first-order valence-corrected chi connectivity index (χ1v) is 13.2. The van der Waals surface area contributed by atoms with Gasteiger partial charge in [0.15, 0.2) is 0 Å². The minimum absolute atomic E-state index is 0.121. The van der Waals surface area contributed by atoms with E-state index in [2.05, 4.69) is 5.32 Å². The third-order valence-corrected chi connectivity index (χ3v) is 8.32. The van der Waals surface area contributed by atoms with E-state index in [-0.39, 0.29) is 35.0 Å². The van der Waals surface area contributed by atoms with Crippen molar-refractivity contribution >= 4 is 27.0 Å². The van der Waals surface area contributed by atoms with Crippen LogP contribution in [0, 0.1) is 0 Å². The fourth-order valence-corrected chi connectivity index (χ4v) is 6.05. The summed E-state index contributed by atoms with van der Waals surface area (Å²) >= 11 is 0. The lowest BCUT2D eigenvalue weighted by Gasteiger charge is -2.16. The molecule has 3 aromatic rings. The largest absolute Gasteiger partial charge is 0.354 e. The molecule has 1 fully saturated rings. The summed E-state index contributed by atoms with van der Waals surface area (Å²) in [7, 11) is -3.64. The Kier molecular flexibility index (Phi) is 6.95. The lowest BCUT2D eigenvalue weighted by Crippen LogP contribution is -2.35. The van der Waals surface area contributed by atoms with Gasteiger partial charge >= 0.3 is 5.69 Å². The van der Waals surface area contributed by atoms with Crippen LogP contribution in [0.5, 0.6) is 0 Å². The second-order valence-electron chi connectivity index (χ2n) is 9.21. The average Bonchev–Trinajstić information content (AvgIpc) is 3.45. The molecule has 9 heteroatoms. The van der Waals surface area contributed by atoms with Gasteiger partial charge in [-0.2, -0.15) is 4.31 Å². The second kappa shape index (κ2) is 9.76. The van der Waals surface area contributed by atoms with Crippen molar-refractivity contribution in [3.8, 4) is 0 Å². The number of carbonyl (C=O) groups is 1. The highest BCUT2D eigenvalue weighted by Gasteiger charge is 2.28. The molecule has 0 radical (unpaired) electrons. The molecule has 0 saturated carbocycles. The van der Waals surface area contributed by atoms with E-state index in [0.29, 0.717) is 30.7 Å². The molecule has 1 amide bonds. The summed E-state index contributed by atoms with van der Waals surface area (Å²) in [5, 5.41) is 2.92. The third-order valence-electron chi connectivity index (χ3n) is 6.43. The smallest absolute Gasteiger partial charge is 0.329 e. The number of sulfonamides is 1. The molecular weight excluding hydrogens is 452 g/mol. The summed E-state index contributed by atoms with van der Waals surface area (Å²) in [6.45, 7) is 7.08. The van der Waals surface area contributed by atoms with Crippen LogP contribution in [0.4, 0.5) is 0 Å². The Labute approximate surface area is 200 Å². The van der Waals surface area contributed by atoms with Crippen molar-refractivity contribution in [3.05, 3.63) is 64.6 Å². The van der Waals surface area contributed by atoms with E-state index in [0.717, 1.165) is 18.4 Å². The van der Waals surface area contributed by atoms with Gasteiger partial charge in [0.25, 0.3) is 0 Å². The first-order valence-electron chi connectivity index (χ1n) is 11.8. The van der Waals surface area contributed by atoms with Crippen molar-refractivity contribution in [2.24, 2.45) is 0 Å². The van der Waals surface area contributed by atoms with Crippen LogP contribution in [0.15, 0.2) is 58.2 Å². The van der Waals surface area contributed by atoms with Crippen LogP contribution in [-0.4, -0.2) is 47.4 Å². The number of fused-ring (bicyclic) bond motifs is 1. The SMILES string of the molecule is CC(C)n1c(=O)n(CC(=O)NC[C@H](C)c2ccccc2)c2cc(S(=O)(=O)N3CCCC3)ccc21. The number of rotatable bonds is 8. The van der Waals surface area contributed by atoms with Crippen molar-refractivity contribution in [1.82, 2.24) is 18.8 Å². The van der Waals surface area contributed by atoms with Gasteiger partial charge in [0, 0.05) is 25.7 Å². The van der Waals surface area contributed by atoms with Crippen molar-refractivity contribution in [2.45, 2.75) is 57.0 Å². The Bertz CT molecular complexity index is 1340. The fraction of sp³-hybridized carbons (Fsp3) is 0.440. The zero-order valence-electron chi connectivity index (χ0n) is 19.9. The van der Waals surface area contributed by atoms with E-state index >= 15 is 0 Å². The maximum Gasteiger partial charge on any atom is 0.329 e. The minimum atomic E-state index is -3.64. The van der Waals surface area contributed by atoms with E-state index in [1.165, 1.54) is 14.9 Å².